The monoisotopic (exact) mass is 211 g/mol. The molecule has 0 amide bonds. The van der Waals surface area contributed by atoms with Gasteiger partial charge in [0.25, 0.3) is 0 Å². The summed E-state index contributed by atoms with van der Waals surface area (Å²) in [6.07, 6.45) is 0. The minimum Gasteiger partial charge on any atom is -0.242 e. The molecule has 10 heavy (non-hydrogen) atoms. The maximum Gasteiger partial charge on any atom is 0.0259 e. The Balaban J connectivity index is 0. The molecule has 0 atom stereocenters. The first-order valence-electron chi connectivity index (χ1n) is 3.59. The van der Waals surface area contributed by atoms with Crippen molar-refractivity contribution in [3.05, 3.63) is 0 Å². The third-order valence-corrected chi connectivity index (χ3v) is 1.01. The fraction of sp³-hybridized carbons (Fsp3) is 1.00. The highest BCUT2D eigenvalue weighted by molar-refractivity contribution is 8.93. The van der Waals surface area contributed by atoms with E-state index in [0.29, 0.717) is 0 Å². The summed E-state index contributed by atoms with van der Waals surface area (Å²) in [4.78, 5) is 0. The molecule has 0 spiro atoms. The van der Waals surface area contributed by atoms with Crippen LogP contribution in [0, 0.1) is 0 Å². The predicted molar refractivity (Wildman–Crippen MR) is 50.1 cm³/mol. The van der Waals surface area contributed by atoms with Crippen molar-refractivity contribution in [1.82, 2.24) is 16.0 Å². The van der Waals surface area contributed by atoms with E-state index < -0.39 is 0 Å². The van der Waals surface area contributed by atoms with Crippen LogP contribution in [0.25, 0.3) is 0 Å². The number of hydrazine groups is 2. The molecule has 0 fully saturated rings. The summed E-state index contributed by atoms with van der Waals surface area (Å²) in [5.41, 5.74) is 6.31. The first kappa shape index (κ1) is 13.0. The van der Waals surface area contributed by atoms with Crippen LogP contribution in [0.3, 0.4) is 0 Å². The second-order valence-corrected chi connectivity index (χ2v) is 1.77. The molecule has 0 heterocycles. The van der Waals surface area contributed by atoms with Gasteiger partial charge in [-0.1, -0.05) is 13.8 Å². The third kappa shape index (κ3) is 6.48. The molecular weight excluding hydrogens is 194 g/mol. The van der Waals surface area contributed by atoms with E-state index in [1.54, 1.807) is 0 Å². The van der Waals surface area contributed by atoms with Crippen LogP contribution in [0.15, 0.2) is 0 Å². The van der Waals surface area contributed by atoms with Gasteiger partial charge in [-0.2, -0.15) is 5.12 Å². The molecule has 0 aromatic carbocycles. The molecule has 0 aromatic rings. The Morgan fingerprint density at radius 3 is 1.60 bits per heavy atom. The van der Waals surface area contributed by atoms with Crippen molar-refractivity contribution in [2.45, 2.75) is 20.8 Å². The highest BCUT2D eigenvalue weighted by atomic mass is 79.9. The molecule has 3 nitrogen and oxygen atoms in total. The van der Waals surface area contributed by atoms with E-state index in [4.69, 9.17) is 0 Å². The Kier molecular flexibility index (Phi) is 12.2. The Labute approximate surface area is 73.9 Å². The lowest BCUT2D eigenvalue weighted by Gasteiger charge is -2.20. The summed E-state index contributed by atoms with van der Waals surface area (Å²) < 4.78 is 0. The number of nitrogens with one attached hydrogen (secondary N) is 2. The van der Waals surface area contributed by atoms with Crippen LogP contribution < -0.4 is 10.9 Å². The molecule has 0 aliphatic rings. The average molecular weight is 212 g/mol. The molecule has 0 bridgehead atoms. The van der Waals surface area contributed by atoms with Crippen LogP contribution in [0.2, 0.25) is 0 Å². The van der Waals surface area contributed by atoms with Crippen molar-refractivity contribution in [2.75, 3.05) is 19.6 Å². The molecule has 0 rings (SSSR count). The largest absolute Gasteiger partial charge is 0.242 e. The van der Waals surface area contributed by atoms with Gasteiger partial charge in [-0.25, -0.2) is 10.9 Å². The van der Waals surface area contributed by atoms with Gasteiger partial charge in [0.1, 0.15) is 0 Å². The van der Waals surface area contributed by atoms with Gasteiger partial charge < -0.3 is 0 Å². The standard InChI is InChI=1S/C6H17N3.BrH/c1-4-7-9(6-3)8-5-2;/h7-8H,4-6H2,1-3H3;1H. The second kappa shape index (κ2) is 9.36. The minimum absolute atomic E-state index is 0. The normalized spacial score (nSPS) is 9.60. The lowest BCUT2D eigenvalue weighted by atomic mass is 10.7. The van der Waals surface area contributed by atoms with Gasteiger partial charge in [-0.15, -0.1) is 17.0 Å². The van der Waals surface area contributed by atoms with E-state index >= 15 is 0 Å². The van der Waals surface area contributed by atoms with Gasteiger partial charge in [-0.3, -0.25) is 0 Å². The summed E-state index contributed by atoms with van der Waals surface area (Å²) in [5, 5.41) is 1.99. The predicted octanol–water partition coefficient (Wildman–Crippen LogP) is 0.935. The van der Waals surface area contributed by atoms with Crippen molar-refractivity contribution < 1.29 is 0 Å². The van der Waals surface area contributed by atoms with Gasteiger partial charge >= 0.3 is 0 Å². The zero-order valence-corrected chi connectivity index (χ0v) is 8.69. The molecule has 0 saturated carbocycles. The fourth-order valence-electron chi connectivity index (χ4n) is 0.661. The molecule has 64 valence electrons. The van der Waals surface area contributed by atoms with E-state index in [1.165, 1.54) is 0 Å². The quantitative estimate of drug-likeness (QED) is 0.664. The second-order valence-electron chi connectivity index (χ2n) is 1.77. The summed E-state index contributed by atoms with van der Waals surface area (Å²) in [6.45, 7) is 9.20. The maximum atomic E-state index is 3.16. The van der Waals surface area contributed by atoms with Crippen LogP contribution in [-0.2, 0) is 0 Å². The third-order valence-electron chi connectivity index (χ3n) is 1.01. The Bertz CT molecular complexity index is 55.0. The smallest absolute Gasteiger partial charge is 0.0259 e. The van der Waals surface area contributed by atoms with E-state index in [2.05, 4.69) is 31.6 Å². The highest BCUT2D eigenvalue weighted by Gasteiger charge is 1.92. The lowest BCUT2D eigenvalue weighted by molar-refractivity contribution is 0.129. The van der Waals surface area contributed by atoms with Crippen LogP contribution in [0.4, 0.5) is 0 Å². The summed E-state index contributed by atoms with van der Waals surface area (Å²) in [6, 6.07) is 0. The van der Waals surface area contributed by atoms with Crippen LogP contribution in [0.1, 0.15) is 20.8 Å². The average Bonchev–Trinajstić information content (AvgIpc) is 1.88. The first-order chi connectivity index (χ1) is 4.35. The van der Waals surface area contributed by atoms with E-state index in [0.717, 1.165) is 19.6 Å². The van der Waals surface area contributed by atoms with Gasteiger partial charge in [0.2, 0.25) is 0 Å². The Hall–Kier alpha value is 0.360. The SMILES string of the molecule is Br.CCNN(CC)NCC. The number of halogens is 1. The number of hydrogen-bond donors (Lipinski definition) is 2. The van der Waals surface area contributed by atoms with E-state index in [1.807, 2.05) is 5.12 Å². The molecule has 2 N–H and O–H groups in total. The van der Waals surface area contributed by atoms with Crippen LogP contribution in [-0.4, -0.2) is 24.8 Å². The van der Waals surface area contributed by atoms with Crippen molar-refractivity contribution >= 4 is 17.0 Å². The lowest BCUT2D eigenvalue weighted by Crippen LogP contribution is -2.47. The molecule has 0 aromatic heterocycles. The number of hydrogen-bond acceptors (Lipinski definition) is 3. The molecule has 0 saturated heterocycles. The maximum absolute atomic E-state index is 3.16. The highest BCUT2D eigenvalue weighted by Crippen LogP contribution is 1.71. The van der Waals surface area contributed by atoms with Gasteiger partial charge in [-0.05, 0) is 6.92 Å². The number of rotatable bonds is 5. The molecule has 0 aliphatic carbocycles. The summed E-state index contributed by atoms with van der Waals surface area (Å²) in [5.74, 6) is 0. The Morgan fingerprint density at radius 1 is 1.00 bits per heavy atom. The summed E-state index contributed by atoms with van der Waals surface area (Å²) >= 11 is 0. The van der Waals surface area contributed by atoms with Crippen molar-refractivity contribution in [1.29, 1.82) is 0 Å². The molecule has 4 heteroatoms. The van der Waals surface area contributed by atoms with Crippen LogP contribution >= 0.6 is 17.0 Å². The van der Waals surface area contributed by atoms with E-state index in [-0.39, 0.29) is 17.0 Å². The Morgan fingerprint density at radius 2 is 1.40 bits per heavy atom. The zero-order valence-electron chi connectivity index (χ0n) is 6.98. The minimum atomic E-state index is 0. The zero-order chi connectivity index (χ0) is 7.11. The van der Waals surface area contributed by atoms with Gasteiger partial charge in [0.05, 0.1) is 0 Å². The van der Waals surface area contributed by atoms with E-state index in [9.17, 15) is 0 Å². The molecule has 0 aliphatic heterocycles. The van der Waals surface area contributed by atoms with Crippen molar-refractivity contribution in [3.63, 3.8) is 0 Å². The van der Waals surface area contributed by atoms with Crippen molar-refractivity contribution in [3.8, 4) is 0 Å². The van der Waals surface area contributed by atoms with Gasteiger partial charge in [0, 0.05) is 19.6 Å². The van der Waals surface area contributed by atoms with Crippen LogP contribution in [0.5, 0.6) is 0 Å². The fourth-order valence-corrected chi connectivity index (χ4v) is 0.661. The van der Waals surface area contributed by atoms with Crippen molar-refractivity contribution in [2.24, 2.45) is 0 Å². The topological polar surface area (TPSA) is 27.3 Å². The van der Waals surface area contributed by atoms with Gasteiger partial charge in [0.15, 0.2) is 0 Å². The molecular formula is C6H18BrN3. The number of nitrogens with zero attached hydrogens (tertiary/aromatic N) is 1. The molecule has 0 unspecified atom stereocenters. The molecule has 0 radical (unpaired) electrons. The summed E-state index contributed by atoms with van der Waals surface area (Å²) in [7, 11) is 0. The first-order valence-corrected chi connectivity index (χ1v) is 3.59.